The molecular weight excluding hydrogens is 310 g/mol. The Morgan fingerprint density at radius 2 is 2.10 bits per heavy atom. The summed E-state index contributed by atoms with van der Waals surface area (Å²) in [5, 5.41) is 10.8. The first-order valence-corrected chi connectivity index (χ1v) is 6.20. The number of hydrogen-bond donors (Lipinski definition) is 3. The van der Waals surface area contributed by atoms with Crippen molar-refractivity contribution in [1.29, 1.82) is 0 Å². The molecule has 1 aromatic carbocycles. The van der Waals surface area contributed by atoms with Crippen LogP contribution < -0.4 is 15.8 Å². The van der Waals surface area contributed by atoms with Crippen LogP contribution in [0.4, 0.5) is 14.5 Å². The summed E-state index contributed by atoms with van der Waals surface area (Å²) < 4.78 is 28.3. The Kier molecular flexibility index (Phi) is 6.32. The van der Waals surface area contributed by atoms with E-state index in [0.717, 1.165) is 0 Å². The highest BCUT2D eigenvalue weighted by Crippen LogP contribution is 2.28. The van der Waals surface area contributed by atoms with E-state index in [1.165, 1.54) is 18.2 Å². The smallest absolute Gasteiger partial charge is 0.387 e. The number of carboxylic acid groups (broad SMARTS) is 1. The maximum absolute atomic E-state index is 12.1. The average Bonchev–Trinajstić information content (AvgIpc) is 2.38. The van der Waals surface area contributed by atoms with Gasteiger partial charge >= 0.3 is 12.6 Å². The van der Waals surface area contributed by atoms with Crippen LogP contribution in [0.5, 0.6) is 5.75 Å². The third kappa shape index (κ3) is 5.92. The number of aliphatic carboxylic acids is 1. The summed E-state index contributed by atoms with van der Waals surface area (Å²) in [5.41, 5.74) is 5.75. The quantitative estimate of drug-likeness (QED) is 0.713. The topological polar surface area (TPSA) is 102 Å². The van der Waals surface area contributed by atoms with Gasteiger partial charge in [-0.05, 0) is 24.6 Å². The Morgan fingerprint density at radius 1 is 1.43 bits per heavy atom. The summed E-state index contributed by atoms with van der Waals surface area (Å²) in [4.78, 5) is 22.1. The van der Waals surface area contributed by atoms with Gasteiger partial charge in [0.2, 0.25) is 5.91 Å². The number of nitrogens with one attached hydrogen (secondary N) is 1. The molecular formula is C12H13ClF2N2O4. The van der Waals surface area contributed by atoms with Crippen molar-refractivity contribution in [2.75, 3.05) is 5.32 Å². The summed E-state index contributed by atoms with van der Waals surface area (Å²) in [6, 6.07) is 2.70. The highest BCUT2D eigenvalue weighted by molar-refractivity contribution is 6.32. The molecule has 0 aliphatic heterocycles. The van der Waals surface area contributed by atoms with Crippen molar-refractivity contribution in [3.8, 4) is 5.75 Å². The molecule has 116 valence electrons. The number of carbonyl (C=O) groups is 2. The Hall–Kier alpha value is -1.93. The summed E-state index contributed by atoms with van der Waals surface area (Å²) in [5.74, 6) is -1.88. The summed E-state index contributed by atoms with van der Waals surface area (Å²) >= 11 is 5.72. The largest absolute Gasteiger partial charge is 0.481 e. The van der Waals surface area contributed by atoms with Gasteiger partial charge in [0.05, 0.1) is 11.1 Å². The number of halogens is 3. The fourth-order valence-electron chi connectivity index (χ4n) is 1.42. The minimum Gasteiger partial charge on any atom is -0.481 e. The molecule has 0 aliphatic carbocycles. The summed E-state index contributed by atoms with van der Waals surface area (Å²) in [6.45, 7) is -3.01. The standard InChI is InChI=1S/C12H13ClF2N2O4/c13-7-5-6(1-3-9(7)21-12(14)15)17-11(20)8(16)2-4-10(18)19/h1,3,5,8,12H,2,4,16H2,(H,17,20)(H,18,19). The number of anilines is 1. The lowest BCUT2D eigenvalue weighted by molar-refractivity contribution is -0.137. The van der Waals surface area contributed by atoms with Crippen LogP contribution in [0.15, 0.2) is 18.2 Å². The number of carboxylic acids is 1. The third-order valence-corrected chi connectivity index (χ3v) is 2.72. The third-order valence-electron chi connectivity index (χ3n) is 2.42. The van der Waals surface area contributed by atoms with Gasteiger partial charge in [0.25, 0.3) is 0 Å². The minimum atomic E-state index is -3.01. The van der Waals surface area contributed by atoms with Gasteiger partial charge in [0, 0.05) is 12.1 Å². The van der Waals surface area contributed by atoms with Crippen LogP contribution in [0.3, 0.4) is 0 Å². The lowest BCUT2D eigenvalue weighted by atomic mass is 10.1. The normalized spacial score (nSPS) is 12.0. The second-order valence-electron chi connectivity index (χ2n) is 4.05. The first kappa shape index (κ1) is 17.1. The predicted octanol–water partition coefficient (Wildman–Crippen LogP) is 2.07. The van der Waals surface area contributed by atoms with Crippen molar-refractivity contribution in [3.63, 3.8) is 0 Å². The van der Waals surface area contributed by atoms with E-state index >= 15 is 0 Å². The number of nitrogens with two attached hydrogens (primary N) is 1. The van der Waals surface area contributed by atoms with Gasteiger partial charge in [-0.3, -0.25) is 9.59 Å². The molecule has 0 bridgehead atoms. The Balaban J connectivity index is 2.64. The summed E-state index contributed by atoms with van der Waals surface area (Å²) in [6.07, 6.45) is -0.266. The van der Waals surface area contributed by atoms with Gasteiger partial charge in [0.1, 0.15) is 5.75 Å². The van der Waals surface area contributed by atoms with E-state index in [1.54, 1.807) is 0 Å². The molecule has 0 fully saturated rings. The molecule has 0 aliphatic rings. The predicted molar refractivity (Wildman–Crippen MR) is 71.6 cm³/mol. The number of alkyl halides is 2. The van der Waals surface area contributed by atoms with E-state index in [4.69, 9.17) is 22.4 Å². The van der Waals surface area contributed by atoms with Gasteiger partial charge in [0.15, 0.2) is 0 Å². The van der Waals surface area contributed by atoms with Crippen LogP contribution in [-0.4, -0.2) is 29.6 Å². The molecule has 1 amide bonds. The zero-order valence-electron chi connectivity index (χ0n) is 10.7. The molecule has 9 heteroatoms. The molecule has 1 atom stereocenters. The van der Waals surface area contributed by atoms with E-state index in [1.807, 2.05) is 0 Å². The number of amides is 1. The molecule has 6 nitrogen and oxygen atoms in total. The molecule has 1 unspecified atom stereocenters. The maximum Gasteiger partial charge on any atom is 0.387 e. The van der Waals surface area contributed by atoms with E-state index in [2.05, 4.69) is 10.1 Å². The first-order valence-electron chi connectivity index (χ1n) is 5.82. The number of rotatable bonds is 7. The van der Waals surface area contributed by atoms with Crippen molar-refractivity contribution in [2.24, 2.45) is 5.73 Å². The lowest BCUT2D eigenvalue weighted by Crippen LogP contribution is -2.36. The fourth-order valence-corrected chi connectivity index (χ4v) is 1.64. The Morgan fingerprint density at radius 3 is 2.62 bits per heavy atom. The number of benzene rings is 1. The second kappa shape index (κ2) is 7.75. The van der Waals surface area contributed by atoms with Gasteiger partial charge in [-0.1, -0.05) is 11.6 Å². The van der Waals surface area contributed by atoms with Crippen molar-refractivity contribution in [1.82, 2.24) is 0 Å². The summed E-state index contributed by atoms with van der Waals surface area (Å²) in [7, 11) is 0. The van der Waals surface area contributed by atoms with Crippen LogP contribution in [0.2, 0.25) is 5.02 Å². The van der Waals surface area contributed by atoms with Crippen LogP contribution in [0.1, 0.15) is 12.8 Å². The molecule has 0 aromatic heterocycles. The van der Waals surface area contributed by atoms with Crippen molar-refractivity contribution >= 4 is 29.2 Å². The minimum absolute atomic E-state index is 0.0263. The molecule has 4 N–H and O–H groups in total. The second-order valence-corrected chi connectivity index (χ2v) is 4.46. The van der Waals surface area contributed by atoms with E-state index in [-0.39, 0.29) is 29.3 Å². The highest BCUT2D eigenvalue weighted by Gasteiger charge is 2.16. The van der Waals surface area contributed by atoms with Crippen LogP contribution in [-0.2, 0) is 9.59 Å². The SMILES string of the molecule is NC(CCC(=O)O)C(=O)Nc1ccc(OC(F)F)c(Cl)c1. The molecule has 0 spiro atoms. The zero-order valence-corrected chi connectivity index (χ0v) is 11.4. The monoisotopic (exact) mass is 322 g/mol. The van der Waals surface area contributed by atoms with Crippen molar-refractivity contribution in [2.45, 2.75) is 25.5 Å². The number of ether oxygens (including phenoxy) is 1. The van der Waals surface area contributed by atoms with Crippen LogP contribution in [0, 0.1) is 0 Å². The van der Waals surface area contributed by atoms with Crippen molar-refractivity contribution in [3.05, 3.63) is 23.2 Å². The van der Waals surface area contributed by atoms with Crippen LogP contribution >= 0.6 is 11.6 Å². The molecule has 1 rings (SSSR count). The van der Waals surface area contributed by atoms with E-state index in [0.29, 0.717) is 0 Å². The van der Waals surface area contributed by atoms with Crippen LogP contribution in [0.25, 0.3) is 0 Å². The molecule has 0 saturated heterocycles. The Labute approximate surface area is 123 Å². The van der Waals surface area contributed by atoms with Crippen molar-refractivity contribution < 1.29 is 28.2 Å². The highest BCUT2D eigenvalue weighted by atomic mass is 35.5. The molecule has 21 heavy (non-hydrogen) atoms. The zero-order chi connectivity index (χ0) is 16.0. The number of hydrogen-bond acceptors (Lipinski definition) is 4. The van der Waals surface area contributed by atoms with Gasteiger partial charge in [-0.25, -0.2) is 0 Å². The lowest BCUT2D eigenvalue weighted by Gasteiger charge is -2.12. The van der Waals surface area contributed by atoms with E-state index in [9.17, 15) is 18.4 Å². The number of carbonyl (C=O) groups excluding carboxylic acids is 1. The molecule has 0 saturated carbocycles. The van der Waals surface area contributed by atoms with Gasteiger partial charge in [-0.15, -0.1) is 0 Å². The van der Waals surface area contributed by atoms with Gasteiger partial charge in [-0.2, -0.15) is 8.78 Å². The van der Waals surface area contributed by atoms with Gasteiger partial charge < -0.3 is 20.9 Å². The first-order chi connectivity index (χ1) is 9.79. The average molecular weight is 323 g/mol. The Bertz CT molecular complexity index is 528. The van der Waals surface area contributed by atoms with E-state index < -0.39 is 24.5 Å². The maximum atomic E-state index is 12.1. The molecule has 0 heterocycles. The fraction of sp³-hybridized carbons (Fsp3) is 0.333. The molecule has 1 aromatic rings. The molecule has 0 radical (unpaired) electrons.